The van der Waals surface area contributed by atoms with Gasteiger partial charge in [0.2, 0.25) is 0 Å². The van der Waals surface area contributed by atoms with Gasteiger partial charge in [0.25, 0.3) is 5.91 Å². The van der Waals surface area contributed by atoms with Gasteiger partial charge in [0, 0.05) is 29.9 Å². The molecule has 0 bridgehead atoms. The van der Waals surface area contributed by atoms with Gasteiger partial charge in [-0.2, -0.15) is 0 Å². The minimum absolute atomic E-state index is 0.239. The first-order chi connectivity index (χ1) is 15.0. The number of halogens is 1. The fraction of sp³-hybridized carbons (Fsp3) is 0.480. The number of Topliss-reactive ketones (excluding diaryl/α,β-unsaturated/α-hetero) is 1. The third-order valence-electron chi connectivity index (χ3n) is 5.85. The minimum atomic E-state index is -0.762. The Hall–Kier alpha value is -2.96. The summed E-state index contributed by atoms with van der Waals surface area (Å²) in [6.07, 6.45) is 0.714. The van der Waals surface area contributed by atoms with Gasteiger partial charge < -0.3 is 14.2 Å². The molecule has 0 aliphatic rings. The number of carbonyl (C=O) groups is 3. The number of ether oxygens (including phenoxy) is 1. The molecule has 1 amide bonds. The molecular formula is C25H33FN2O4. The standard InChI is InChI=1S/C25H33FN2O4/c1-8-27-17(5)21(16(4)22(27)25(31)32-7)23(29)18(6)28(14-13-15(2)3)24(30)19-9-11-20(26)12-10-19/h9-12,15,18H,8,13-14H2,1-7H3. The summed E-state index contributed by atoms with van der Waals surface area (Å²) in [7, 11) is 1.31. The molecule has 1 unspecified atom stereocenters. The van der Waals surface area contributed by atoms with Crippen molar-refractivity contribution >= 4 is 17.7 Å². The molecule has 2 rings (SSSR count). The predicted octanol–water partition coefficient (Wildman–Crippen LogP) is 4.81. The molecular weight excluding hydrogens is 411 g/mol. The molecule has 1 heterocycles. The van der Waals surface area contributed by atoms with Crippen molar-refractivity contribution in [3.8, 4) is 0 Å². The van der Waals surface area contributed by atoms with Crippen LogP contribution in [0.25, 0.3) is 0 Å². The summed E-state index contributed by atoms with van der Waals surface area (Å²) in [6, 6.07) is 4.56. The van der Waals surface area contributed by atoms with Crippen LogP contribution < -0.4 is 0 Å². The average molecular weight is 445 g/mol. The van der Waals surface area contributed by atoms with E-state index in [9.17, 15) is 18.8 Å². The summed E-state index contributed by atoms with van der Waals surface area (Å²) in [5, 5.41) is 0. The lowest BCUT2D eigenvalue weighted by atomic mass is 9.98. The highest BCUT2D eigenvalue weighted by molar-refractivity contribution is 6.07. The molecule has 32 heavy (non-hydrogen) atoms. The number of ketones is 1. The molecule has 1 aromatic heterocycles. The fourth-order valence-corrected chi connectivity index (χ4v) is 3.99. The molecule has 0 aliphatic heterocycles. The van der Waals surface area contributed by atoms with Gasteiger partial charge in [-0.3, -0.25) is 9.59 Å². The van der Waals surface area contributed by atoms with Gasteiger partial charge in [-0.25, -0.2) is 9.18 Å². The first-order valence-electron chi connectivity index (χ1n) is 10.9. The Kier molecular flexibility index (Phi) is 8.36. The third kappa shape index (κ3) is 5.09. The highest BCUT2D eigenvalue weighted by Gasteiger charge is 2.33. The summed E-state index contributed by atoms with van der Waals surface area (Å²) in [5.74, 6) is -1.17. The second-order valence-corrected chi connectivity index (χ2v) is 8.40. The number of esters is 1. The average Bonchev–Trinajstić information content (AvgIpc) is 3.01. The van der Waals surface area contributed by atoms with Gasteiger partial charge in [0.15, 0.2) is 5.78 Å². The first-order valence-corrected chi connectivity index (χ1v) is 10.9. The van der Waals surface area contributed by atoms with Gasteiger partial charge in [-0.1, -0.05) is 13.8 Å². The maximum Gasteiger partial charge on any atom is 0.354 e. The molecule has 0 fully saturated rings. The van der Waals surface area contributed by atoms with E-state index in [-0.39, 0.29) is 11.7 Å². The van der Waals surface area contributed by atoms with E-state index in [0.29, 0.717) is 53.5 Å². The van der Waals surface area contributed by atoms with Gasteiger partial charge >= 0.3 is 5.97 Å². The molecule has 6 nitrogen and oxygen atoms in total. The molecule has 174 valence electrons. The maximum absolute atomic E-state index is 13.6. The predicted molar refractivity (Wildman–Crippen MR) is 122 cm³/mol. The maximum atomic E-state index is 13.6. The number of aromatic nitrogens is 1. The zero-order chi connectivity index (χ0) is 24.2. The molecule has 0 saturated carbocycles. The Morgan fingerprint density at radius 1 is 1.09 bits per heavy atom. The highest BCUT2D eigenvalue weighted by Crippen LogP contribution is 2.26. The molecule has 1 atom stereocenters. The number of hydrogen-bond donors (Lipinski definition) is 0. The molecule has 0 radical (unpaired) electrons. The molecule has 2 aromatic rings. The second kappa shape index (κ2) is 10.6. The Morgan fingerprint density at radius 3 is 2.19 bits per heavy atom. The largest absolute Gasteiger partial charge is 0.464 e. The first kappa shape index (κ1) is 25.3. The van der Waals surface area contributed by atoms with Crippen LogP contribution in [0.15, 0.2) is 24.3 Å². The van der Waals surface area contributed by atoms with E-state index in [1.54, 1.807) is 25.3 Å². The number of hydrogen-bond acceptors (Lipinski definition) is 4. The van der Waals surface area contributed by atoms with Crippen molar-refractivity contribution in [2.45, 2.75) is 60.5 Å². The Bertz CT molecular complexity index is 992. The van der Waals surface area contributed by atoms with Crippen LogP contribution in [-0.4, -0.2) is 46.8 Å². The topological polar surface area (TPSA) is 68.6 Å². The lowest BCUT2D eigenvalue weighted by molar-refractivity contribution is 0.0586. The van der Waals surface area contributed by atoms with Crippen molar-refractivity contribution in [1.82, 2.24) is 9.47 Å². The number of carbonyl (C=O) groups excluding carboxylic acids is 3. The Balaban J connectivity index is 2.49. The smallest absolute Gasteiger partial charge is 0.354 e. The number of amides is 1. The van der Waals surface area contributed by atoms with Gasteiger partial charge in [0.1, 0.15) is 11.5 Å². The van der Waals surface area contributed by atoms with Gasteiger partial charge in [-0.05, 0) is 69.9 Å². The van der Waals surface area contributed by atoms with Crippen LogP contribution in [0.5, 0.6) is 0 Å². The number of rotatable bonds is 9. The van der Waals surface area contributed by atoms with Crippen LogP contribution in [0.2, 0.25) is 0 Å². The number of benzene rings is 1. The van der Waals surface area contributed by atoms with E-state index in [0.717, 1.165) is 0 Å². The minimum Gasteiger partial charge on any atom is -0.464 e. The highest BCUT2D eigenvalue weighted by atomic mass is 19.1. The van der Waals surface area contributed by atoms with E-state index in [1.165, 1.54) is 36.3 Å². The Labute approximate surface area is 189 Å². The van der Waals surface area contributed by atoms with Crippen molar-refractivity contribution in [3.05, 3.63) is 58.2 Å². The third-order valence-corrected chi connectivity index (χ3v) is 5.85. The quantitative estimate of drug-likeness (QED) is 0.411. The van der Waals surface area contributed by atoms with Gasteiger partial charge in [0.05, 0.1) is 13.2 Å². The van der Waals surface area contributed by atoms with Crippen LogP contribution in [0.1, 0.15) is 76.6 Å². The van der Waals surface area contributed by atoms with E-state index in [1.807, 2.05) is 20.8 Å². The van der Waals surface area contributed by atoms with Crippen LogP contribution in [-0.2, 0) is 11.3 Å². The SMILES string of the molecule is CCn1c(C)c(C(=O)C(C)N(CCC(C)C)C(=O)c2ccc(F)cc2)c(C)c1C(=O)OC. The second-order valence-electron chi connectivity index (χ2n) is 8.40. The normalized spacial score (nSPS) is 12.0. The summed E-state index contributed by atoms with van der Waals surface area (Å²) < 4.78 is 20.0. The zero-order valence-corrected chi connectivity index (χ0v) is 20.0. The van der Waals surface area contributed by atoms with Crippen molar-refractivity contribution in [1.29, 1.82) is 0 Å². The summed E-state index contributed by atoms with van der Waals surface area (Å²) in [6.45, 7) is 12.1. The van der Waals surface area contributed by atoms with Crippen molar-refractivity contribution in [2.75, 3.05) is 13.7 Å². The molecule has 0 spiro atoms. The van der Waals surface area contributed by atoms with Crippen molar-refractivity contribution < 1.29 is 23.5 Å². The van der Waals surface area contributed by atoms with Crippen LogP contribution in [0.3, 0.4) is 0 Å². The van der Waals surface area contributed by atoms with Crippen LogP contribution in [0.4, 0.5) is 4.39 Å². The fourth-order valence-electron chi connectivity index (χ4n) is 3.99. The summed E-state index contributed by atoms with van der Waals surface area (Å²) in [5.41, 5.74) is 2.32. The lowest BCUT2D eigenvalue weighted by Gasteiger charge is -2.29. The lowest BCUT2D eigenvalue weighted by Crippen LogP contribution is -2.44. The molecule has 1 aromatic carbocycles. The van der Waals surface area contributed by atoms with E-state index in [2.05, 4.69) is 0 Å². The van der Waals surface area contributed by atoms with Crippen molar-refractivity contribution in [3.63, 3.8) is 0 Å². The molecule has 0 N–H and O–H groups in total. The molecule has 0 saturated heterocycles. The monoisotopic (exact) mass is 444 g/mol. The van der Waals surface area contributed by atoms with Crippen LogP contribution in [0, 0.1) is 25.6 Å². The Morgan fingerprint density at radius 2 is 1.69 bits per heavy atom. The van der Waals surface area contributed by atoms with E-state index >= 15 is 0 Å². The van der Waals surface area contributed by atoms with Gasteiger partial charge in [-0.15, -0.1) is 0 Å². The van der Waals surface area contributed by atoms with Crippen molar-refractivity contribution in [2.24, 2.45) is 5.92 Å². The zero-order valence-electron chi connectivity index (χ0n) is 20.0. The number of nitrogens with zero attached hydrogens (tertiary/aromatic N) is 2. The summed E-state index contributed by atoms with van der Waals surface area (Å²) >= 11 is 0. The summed E-state index contributed by atoms with van der Waals surface area (Å²) in [4.78, 5) is 40.8. The van der Waals surface area contributed by atoms with E-state index < -0.39 is 17.8 Å². The molecule has 7 heteroatoms. The molecule has 0 aliphatic carbocycles. The van der Waals surface area contributed by atoms with E-state index in [4.69, 9.17) is 4.74 Å². The number of methoxy groups -OCH3 is 1. The van der Waals surface area contributed by atoms with Crippen LogP contribution >= 0.6 is 0 Å².